The topological polar surface area (TPSA) is 75.5 Å². The second-order valence-corrected chi connectivity index (χ2v) is 6.84. The summed E-state index contributed by atoms with van der Waals surface area (Å²) in [5.41, 5.74) is 5.08. The summed E-state index contributed by atoms with van der Waals surface area (Å²) in [6.45, 7) is 0. The Kier molecular flexibility index (Phi) is 5.92. The molecule has 0 spiro atoms. The summed E-state index contributed by atoms with van der Waals surface area (Å²) >= 11 is 7.75. The fourth-order valence-corrected chi connectivity index (χ4v) is 3.48. The Morgan fingerprint density at radius 3 is 2.67 bits per heavy atom. The van der Waals surface area contributed by atoms with Gasteiger partial charge in [-0.3, -0.25) is 24.8 Å². The van der Waals surface area contributed by atoms with Crippen molar-refractivity contribution in [1.82, 2.24) is 20.2 Å². The van der Waals surface area contributed by atoms with Gasteiger partial charge in [-0.25, -0.2) is 4.98 Å². The largest absolute Gasteiger partial charge is 0.317 e. The van der Waals surface area contributed by atoms with Crippen LogP contribution < -0.4 is 10.9 Å². The van der Waals surface area contributed by atoms with E-state index in [1.807, 2.05) is 35.8 Å². The van der Waals surface area contributed by atoms with E-state index in [1.165, 1.54) is 22.4 Å². The number of rotatable bonds is 5. The number of hydrogen-bond acceptors (Lipinski definition) is 4. The normalized spacial score (nSPS) is 11.0. The zero-order valence-corrected chi connectivity index (χ0v) is 15.2. The van der Waals surface area contributed by atoms with Crippen LogP contribution in [0.2, 0.25) is 5.02 Å². The van der Waals surface area contributed by atoms with Crippen molar-refractivity contribution in [2.75, 3.05) is 0 Å². The van der Waals surface area contributed by atoms with Crippen molar-refractivity contribution in [3.05, 3.63) is 65.1 Å². The molecule has 27 heavy (non-hydrogen) atoms. The first-order valence-corrected chi connectivity index (χ1v) is 9.03. The minimum absolute atomic E-state index is 0.0450. The van der Waals surface area contributed by atoms with Crippen molar-refractivity contribution in [3.8, 4) is 0 Å². The molecule has 0 radical (unpaired) electrons. The van der Waals surface area contributed by atoms with E-state index in [0.29, 0.717) is 16.4 Å². The van der Waals surface area contributed by atoms with Gasteiger partial charge in [0.25, 0.3) is 5.91 Å². The Hall–Kier alpha value is -2.65. The maximum absolute atomic E-state index is 12.2. The highest BCUT2D eigenvalue weighted by molar-refractivity contribution is 7.98. The Bertz CT molecular complexity index is 982. The summed E-state index contributed by atoms with van der Waals surface area (Å²) in [4.78, 5) is 27.9. The molecule has 0 unspecified atom stereocenters. The van der Waals surface area contributed by atoms with Crippen LogP contribution in [-0.4, -0.2) is 27.6 Å². The lowest BCUT2D eigenvalue weighted by Crippen LogP contribution is -2.44. The van der Waals surface area contributed by atoms with E-state index < -0.39 is 18.2 Å². The highest BCUT2D eigenvalue weighted by Gasteiger charge is 2.19. The van der Waals surface area contributed by atoms with Crippen molar-refractivity contribution < 1.29 is 18.4 Å². The Morgan fingerprint density at radius 1 is 1.22 bits per heavy atom. The molecule has 6 nitrogen and oxygen atoms in total. The summed E-state index contributed by atoms with van der Waals surface area (Å²) in [7, 11) is 0. The van der Waals surface area contributed by atoms with Crippen molar-refractivity contribution in [1.29, 1.82) is 0 Å². The molecule has 0 fully saturated rings. The Balaban J connectivity index is 1.80. The van der Waals surface area contributed by atoms with Crippen LogP contribution in [0.1, 0.15) is 16.1 Å². The minimum Gasteiger partial charge on any atom is -0.293 e. The minimum atomic E-state index is -3.23. The van der Waals surface area contributed by atoms with Crippen molar-refractivity contribution >= 4 is 40.8 Å². The molecule has 10 heteroatoms. The number of fused-ring (bicyclic) bond motifs is 1. The van der Waals surface area contributed by atoms with E-state index in [0.717, 1.165) is 10.5 Å². The van der Waals surface area contributed by atoms with Gasteiger partial charge < -0.3 is 0 Å². The van der Waals surface area contributed by atoms with Crippen molar-refractivity contribution in [2.24, 2.45) is 0 Å². The quantitative estimate of drug-likeness (QED) is 0.500. The second-order valence-electron chi connectivity index (χ2n) is 5.38. The summed E-state index contributed by atoms with van der Waals surface area (Å²) in [6, 6.07) is 11.5. The molecule has 0 bridgehead atoms. The van der Waals surface area contributed by atoms with Gasteiger partial charge in [-0.15, -0.1) is 11.8 Å². The molecule has 2 heterocycles. The maximum atomic E-state index is 12.2. The number of amides is 2. The Morgan fingerprint density at radius 2 is 1.96 bits per heavy atom. The third kappa shape index (κ3) is 4.55. The van der Waals surface area contributed by atoms with Crippen LogP contribution in [0.15, 0.2) is 53.7 Å². The third-order valence-corrected chi connectivity index (χ3v) is 4.83. The number of hydrogen-bond donors (Lipinski definition) is 2. The number of nitrogens with one attached hydrogen (secondary N) is 2. The van der Waals surface area contributed by atoms with Gasteiger partial charge in [0.2, 0.25) is 0 Å². The number of alkyl halides is 2. The number of aromatic nitrogens is 2. The number of nitrogens with zero attached hydrogens (tertiary/aromatic N) is 2. The summed E-state index contributed by atoms with van der Waals surface area (Å²) in [6.07, 6.45) is -0.314. The number of pyridine rings is 1. The number of imidazole rings is 1. The monoisotopic (exact) mass is 410 g/mol. The molecule has 2 aromatic heterocycles. The molecule has 0 saturated carbocycles. The van der Waals surface area contributed by atoms with E-state index in [1.54, 1.807) is 17.7 Å². The molecular weight excluding hydrogens is 398 g/mol. The zero-order valence-electron chi connectivity index (χ0n) is 13.7. The molecule has 2 N–H and O–H groups in total. The molecular formula is C17H13ClF2N4O2S. The van der Waals surface area contributed by atoms with Crippen LogP contribution in [0.3, 0.4) is 0 Å². The lowest BCUT2D eigenvalue weighted by Gasteiger charge is -2.08. The summed E-state index contributed by atoms with van der Waals surface area (Å²) in [5, 5.41) is 0.337. The van der Waals surface area contributed by atoms with E-state index in [2.05, 4.69) is 4.98 Å². The fourth-order valence-electron chi connectivity index (χ4n) is 2.25. The Labute approximate surface area is 161 Å². The van der Waals surface area contributed by atoms with Gasteiger partial charge in [-0.2, -0.15) is 8.78 Å². The summed E-state index contributed by atoms with van der Waals surface area (Å²) < 4.78 is 25.9. The average Bonchev–Trinajstić information content (AvgIpc) is 3.09. The fraction of sp³-hybridized carbons (Fsp3) is 0.118. The van der Waals surface area contributed by atoms with Crippen LogP contribution in [0.25, 0.3) is 5.65 Å². The van der Waals surface area contributed by atoms with Gasteiger partial charge in [0, 0.05) is 16.8 Å². The smallest absolute Gasteiger partial charge is 0.293 e. The standard InChI is InChI=1S/C17H13ClF2N4O2S/c18-12-6-11(27-9-10-4-2-1-3-5-10)8-24-13(7-21-15(12)24)16(25)22-23-17(26)14(19)20/h1-8,14H,9H2,(H,22,25)(H,23,26). The zero-order chi connectivity index (χ0) is 19.4. The number of carbonyl (C=O) groups excluding carboxylic acids is 2. The lowest BCUT2D eigenvalue weighted by molar-refractivity contribution is -0.132. The van der Waals surface area contributed by atoms with E-state index in [4.69, 9.17) is 11.6 Å². The molecule has 3 aromatic rings. The number of carbonyl (C=O) groups is 2. The van der Waals surface area contributed by atoms with Crippen LogP contribution in [-0.2, 0) is 10.5 Å². The molecule has 140 valence electrons. The van der Waals surface area contributed by atoms with E-state index >= 15 is 0 Å². The van der Waals surface area contributed by atoms with Crippen LogP contribution in [0.4, 0.5) is 8.78 Å². The van der Waals surface area contributed by atoms with Crippen molar-refractivity contribution in [3.63, 3.8) is 0 Å². The average molecular weight is 411 g/mol. The molecule has 0 aliphatic rings. The molecule has 0 saturated heterocycles. The molecule has 0 atom stereocenters. The molecule has 3 rings (SSSR count). The van der Waals surface area contributed by atoms with E-state index in [-0.39, 0.29) is 5.69 Å². The van der Waals surface area contributed by atoms with Gasteiger partial charge in [0.05, 0.1) is 11.2 Å². The maximum Gasteiger partial charge on any atom is 0.317 e. The first kappa shape index (κ1) is 19.1. The number of hydrazine groups is 1. The molecule has 0 aliphatic carbocycles. The van der Waals surface area contributed by atoms with Gasteiger partial charge >= 0.3 is 12.3 Å². The van der Waals surface area contributed by atoms with Crippen molar-refractivity contribution in [2.45, 2.75) is 17.1 Å². The number of thioether (sulfide) groups is 1. The number of halogens is 3. The summed E-state index contributed by atoms with van der Waals surface area (Å²) in [5.74, 6) is -1.70. The van der Waals surface area contributed by atoms with Crippen LogP contribution in [0.5, 0.6) is 0 Å². The first-order valence-electron chi connectivity index (χ1n) is 7.67. The highest BCUT2D eigenvalue weighted by atomic mass is 35.5. The molecule has 2 amide bonds. The first-order chi connectivity index (χ1) is 13.0. The third-order valence-electron chi connectivity index (χ3n) is 3.51. The SMILES string of the molecule is O=C(NNC(=O)C(F)F)c1cnc2c(Cl)cc(SCc3ccccc3)cn12. The van der Waals surface area contributed by atoms with E-state index in [9.17, 15) is 18.4 Å². The van der Waals surface area contributed by atoms with Gasteiger partial charge in [0.15, 0.2) is 5.65 Å². The van der Waals surface area contributed by atoms with Gasteiger partial charge in [0.1, 0.15) is 5.69 Å². The molecule has 1 aromatic carbocycles. The predicted octanol–water partition coefficient (Wildman–Crippen LogP) is 3.31. The second kappa shape index (κ2) is 8.36. The molecule has 0 aliphatic heterocycles. The number of benzene rings is 1. The lowest BCUT2D eigenvalue weighted by atomic mass is 10.2. The van der Waals surface area contributed by atoms with Crippen LogP contribution in [0, 0.1) is 0 Å². The highest BCUT2D eigenvalue weighted by Crippen LogP contribution is 2.28. The van der Waals surface area contributed by atoms with Gasteiger partial charge in [-0.05, 0) is 11.6 Å². The van der Waals surface area contributed by atoms with Gasteiger partial charge in [-0.1, -0.05) is 41.9 Å². The van der Waals surface area contributed by atoms with Crippen LogP contribution >= 0.6 is 23.4 Å². The predicted molar refractivity (Wildman–Crippen MR) is 97.8 cm³/mol.